The molecule has 0 radical (unpaired) electrons. The fourth-order valence-electron chi connectivity index (χ4n) is 3.10. The molecule has 2 heterocycles. The molecule has 1 N–H and O–H groups in total. The molecular formula is C15H23N3O2. The van der Waals surface area contributed by atoms with E-state index in [1.54, 1.807) is 19.5 Å². The molecule has 0 aromatic carbocycles. The average molecular weight is 277 g/mol. The number of carbonyl (C=O) groups is 1. The van der Waals surface area contributed by atoms with Gasteiger partial charge in [0.2, 0.25) is 0 Å². The molecule has 0 saturated carbocycles. The molecule has 0 unspecified atom stereocenters. The number of nitrogens with one attached hydrogen (secondary N) is 1. The second kappa shape index (κ2) is 6.70. The lowest BCUT2D eigenvalue weighted by Gasteiger charge is -2.38. The van der Waals surface area contributed by atoms with Gasteiger partial charge in [0, 0.05) is 19.9 Å². The molecule has 0 spiro atoms. The molecule has 1 aliphatic heterocycles. The van der Waals surface area contributed by atoms with Crippen molar-refractivity contribution in [2.75, 3.05) is 25.6 Å². The van der Waals surface area contributed by atoms with E-state index in [2.05, 4.69) is 17.2 Å². The Morgan fingerprint density at radius 3 is 3.10 bits per heavy atom. The van der Waals surface area contributed by atoms with Gasteiger partial charge in [-0.15, -0.1) is 0 Å². The van der Waals surface area contributed by atoms with E-state index in [0.717, 1.165) is 37.9 Å². The van der Waals surface area contributed by atoms with Gasteiger partial charge in [-0.25, -0.2) is 4.79 Å². The van der Waals surface area contributed by atoms with Gasteiger partial charge >= 0.3 is 6.03 Å². The van der Waals surface area contributed by atoms with Crippen molar-refractivity contribution in [3.63, 3.8) is 0 Å². The summed E-state index contributed by atoms with van der Waals surface area (Å²) in [5.74, 6) is 0. The molecule has 1 atom stereocenters. The molecule has 20 heavy (non-hydrogen) atoms. The normalized spacial score (nSPS) is 22.0. The number of amides is 2. The monoisotopic (exact) mass is 277 g/mol. The number of urea groups is 1. The summed E-state index contributed by atoms with van der Waals surface area (Å²) in [4.78, 5) is 18.5. The van der Waals surface area contributed by atoms with Gasteiger partial charge in [-0.1, -0.05) is 13.3 Å². The quantitative estimate of drug-likeness (QED) is 0.900. The summed E-state index contributed by atoms with van der Waals surface area (Å²) in [6, 6.07) is 3.60. The summed E-state index contributed by atoms with van der Waals surface area (Å²) in [6.07, 6.45) is 7.41. The fraction of sp³-hybridized carbons (Fsp3) is 0.600. The van der Waals surface area contributed by atoms with Crippen LogP contribution in [0.3, 0.4) is 0 Å². The minimum absolute atomic E-state index is 0.0546. The van der Waals surface area contributed by atoms with Crippen LogP contribution < -0.4 is 5.32 Å². The minimum atomic E-state index is -0.157. The SMILES string of the molecule is CCC[C@@]1(COC)CCCN1C(=O)Nc1cccnc1. The largest absolute Gasteiger partial charge is 0.382 e. The van der Waals surface area contributed by atoms with E-state index in [1.165, 1.54) is 0 Å². The smallest absolute Gasteiger partial charge is 0.322 e. The van der Waals surface area contributed by atoms with Crippen LogP contribution in [0, 0.1) is 0 Å². The molecule has 1 aliphatic rings. The zero-order valence-corrected chi connectivity index (χ0v) is 12.3. The number of methoxy groups -OCH3 is 1. The van der Waals surface area contributed by atoms with Gasteiger partial charge in [-0.3, -0.25) is 4.98 Å². The van der Waals surface area contributed by atoms with E-state index in [-0.39, 0.29) is 11.6 Å². The number of carbonyl (C=O) groups excluding carboxylic acids is 1. The third-order valence-corrected chi connectivity index (χ3v) is 3.88. The molecule has 1 fully saturated rings. The number of anilines is 1. The first-order valence-electron chi connectivity index (χ1n) is 7.19. The summed E-state index contributed by atoms with van der Waals surface area (Å²) >= 11 is 0. The first kappa shape index (κ1) is 14.8. The molecule has 0 bridgehead atoms. The second-order valence-corrected chi connectivity index (χ2v) is 5.33. The van der Waals surface area contributed by atoms with Crippen LogP contribution in [0.1, 0.15) is 32.6 Å². The van der Waals surface area contributed by atoms with Crippen LogP contribution in [0.25, 0.3) is 0 Å². The van der Waals surface area contributed by atoms with Gasteiger partial charge in [0.05, 0.1) is 24.0 Å². The molecule has 2 amide bonds. The van der Waals surface area contributed by atoms with E-state index in [1.807, 2.05) is 17.0 Å². The molecular weight excluding hydrogens is 254 g/mol. The first-order chi connectivity index (χ1) is 9.72. The first-order valence-corrected chi connectivity index (χ1v) is 7.19. The molecule has 110 valence electrons. The Morgan fingerprint density at radius 2 is 2.45 bits per heavy atom. The van der Waals surface area contributed by atoms with E-state index >= 15 is 0 Å². The molecule has 0 aliphatic carbocycles. The number of rotatable bonds is 5. The lowest BCUT2D eigenvalue weighted by Crippen LogP contribution is -2.51. The highest BCUT2D eigenvalue weighted by Gasteiger charge is 2.42. The van der Waals surface area contributed by atoms with Gasteiger partial charge in [0.15, 0.2) is 0 Å². The number of aromatic nitrogens is 1. The standard InChI is InChI=1S/C15H23N3O2/c1-3-7-15(12-20-2)8-5-10-18(15)14(19)17-13-6-4-9-16-11-13/h4,6,9,11H,3,5,7-8,10,12H2,1-2H3,(H,17,19)/t15-/m0/s1. The highest BCUT2D eigenvalue weighted by molar-refractivity contribution is 5.89. The fourth-order valence-corrected chi connectivity index (χ4v) is 3.10. The van der Waals surface area contributed by atoms with Crippen LogP contribution in [0.15, 0.2) is 24.5 Å². The Balaban J connectivity index is 2.10. The van der Waals surface area contributed by atoms with Crippen molar-refractivity contribution in [2.24, 2.45) is 0 Å². The van der Waals surface area contributed by atoms with Crippen molar-refractivity contribution in [3.05, 3.63) is 24.5 Å². The van der Waals surface area contributed by atoms with E-state index in [4.69, 9.17) is 4.74 Å². The van der Waals surface area contributed by atoms with Crippen LogP contribution in [-0.2, 0) is 4.74 Å². The van der Waals surface area contributed by atoms with Crippen molar-refractivity contribution >= 4 is 11.7 Å². The third-order valence-electron chi connectivity index (χ3n) is 3.88. The van der Waals surface area contributed by atoms with Gasteiger partial charge in [0.1, 0.15) is 0 Å². The zero-order valence-electron chi connectivity index (χ0n) is 12.3. The lowest BCUT2D eigenvalue weighted by molar-refractivity contribution is 0.0540. The third kappa shape index (κ3) is 3.10. The summed E-state index contributed by atoms with van der Waals surface area (Å²) < 4.78 is 5.38. The molecule has 1 aromatic heterocycles. The summed E-state index contributed by atoms with van der Waals surface area (Å²) in [7, 11) is 1.70. The number of pyridine rings is 1. The van der Waals surface area contributed by atoms with Gasteiger partial charge in [-0.05, 0) is 31.4 Å². The summed E-state index contributed by atoms with van der Waals surface area (Å²) in [5.41, 5.74) is 0.572. The second-order valence-electron chi connectivity index (χ2n) is 5.33. The molecule has 1 saturated heterocycles. The van der Waals surface area contributed by atoms with Crippen molar-refractivity contribution in [1.29, 1.82) is 0 Å². The maximum absolute atomic E-state index is 12.5. The van der Waals surface area contributed by atoms with Crippen molar-refractivity contribution < 1.29 is 9.53 Å². The Kier molecular flexibility index (Phi) is 4.95. The maximum atomic E-state index is 12.5. The van der Waals surface area contributed by atoms with Gasteiger partial charge in [-0.2, -0.15) is 0 Å². The highest BCUT2D eigenvalue weighted by atomic mass is 16.5. The van der Waals surface area contributed by atoms with Crippen molar-refractivity contribution in [2.45, 2.75) is 38.1 Å². The molecule has 1 aromatic rings. The number of hydrogen-bond acceptors (Lipinski definition) is 3. The van der Waals surface area contributed by atoms with Gasteiger partial charge in [0.25, 0.3) is 0 Å². The zero-order chi connectivity index (χ0) is 14.4. The van der Waals surface area contributed by atoms with Crippen LogP contribution in [0.4, 0.5) is 10.5 Å². The van der Waals surface area contributed by atoms with Crippen molar-refractivity contribution in [3.8, 4) is 0 Å². The van der Waals surface area contributed by atoms with Crippen LogP contribution in [-0.4, -0.2) is 41.7 Å². The predicted molar refractivity (Wildman–Crippen MR) is 78.7 cm³/mol. The van der Waals surface area contributed by atoms with E-state index in [9.17, 15) is 4.79 Å². The average Bonchev–Trinajstić information content (AvgIpc) is 2.84. The number of ether oxygens (including phenoxy) is 1. The van der Waals surface area contributed by atoms with Crippen LogP contribution in [0.5, 0.6) is 0 Å². The summed E-state index contributed by atoms with van der Waals surface area (Å²) in [6.45, 7) is 3.53. The van der Waals surface area contributed by atoms with Crippen LogP contribution in [0.2, 0.25) is 0 Å². The summed E-state index contributed by atoms with van der Waals surface area (Å²) in [5, 5.41) is 2.92. The Morgan fingerprint density at radius 1 is 1.60 bits per heavy atom. The Bertz CT molecular complexity index is 430. The molecule has 2 rings (SSSR count). The number of nitrogens with zero attached hydrogens (tertiary/aromatic N) is 2. The number of hydrogen-bond donors (Lipinski definition) is 1. The van der Waals surface area contributed by atoms with Crippen LogP contribution >= 0.6 is 0 Å². The maximum Gasteiger partial charge on any atom is 0.322 e. The van der Waals surface area contributed by atoms with E-state index in [0.29, 0.717) is 6.61 Å². The Labute approximate surface area is 120 Å². The van der Waals surface area contributed by atoms with Crippen molar-refractivity contribution in [1.82, 2.24) is 9.88 Å². The topological polar surface area (TPSA) is 54.5 Å². The molecule has 5 nitrogen and oxygen atoms in total. The minimum Gasteiger partial charge on any atom is -0.382 e. The lowest BCUT2D eigenvalue weighted by atomic mass is 9.91. The predicted octanol–water partition coefficient (Wildman–Crippen LogP) is 2.89. The number of likely N-dealkylation sites (tertiary alicyclic amines) is 1. The Hall–Kier alpha value is -1.62. The molecule has 5 heteroatoms. The van der Waals surface area contributed by atoms with E-state index < -0.39 is 0 Å². The van der Waals surface area contributed by atoms with Gasteiger partial charge < -0.3 is 15.0 Å². The highest BCUT2D eigenvalue weighted by Crippen LogP contribution is 2.34.